The maximum atomic E-state index is 13.7. The molecule has 5 nitrogen and oxygen atoms in total. The van der Waals surface area contributed by atoms with Gasteiger partial charge in [-0.05, 0) is 37.1 Å². The Morgan fingerprint density at radius 2 is 1.93 bits per heavy atom. The highest BCUT2D eigenvalue weighted by molar-refractivity contribution is 7.99. The number of thioether (sulfide) groups is 1. The van der Waals surface area contributed by atoms with Crippen LogP contribution in [-0.2, 0) is 4.79 Å². The number of rotatable bonds is 6. The van der Waals surface area contributed by atoms with E-state index in [1.807, 2.05) is 34.9 Å². The van der Waals surface area contributed by atoms with Gasteiger partial charge in [-0.2, -0.15) is 0 Å². The lowest BCUT2D eigenvalue weighted by Crippen LogP contribution is -2.15. The molecule has 2 aromatic carbocycles. The van der Waals surface area contributed by atoms with E-state index in [0.717, 1.165) is 42.6 Å². The van der Waals surface area contributed by atoms with Crippen LogP contribution in [0.2, 0.25) is 0 Å². The fourth-order valence-corrected chi connectivity index (χ4v) is 3.47. The highest BCUT2D eigenvalue weighted by Gasteiger charge is 2.31. The average molecular weight is 386 g/mol. The van der Waals surface area contributed by atoms with Crippen molar-refractivity contribution in [1.82, 2.24) is 14.8 Å². The molecule has 27 heavy (non-hydrogen) atoms. The predicted octanol–water partition coefficient (Wildman–Crippen LogP) is 4.15. The normalized spacial score (nSPS) is 13.6. The van der Waals surface area contributed by atoms with Gasteiger partial charge in [0.25, 0.3) is 0 Å². The molecule has 4 rings (SSSR count). The number of nitrogens with zero attached hydrogens (tertiary/aromatic N) is 3. The Labute approximate surface area is 158 Å². The van der Waals surface area contributed by atoms with E-state index in [4.69, 9.17) is 0 Å². The number of hydrogen-bond donors (Lipinski definition) is 1. The summed E-state index contributed by atoms with van der Waals surface area (Å²) >= 11 is 1.21. The van der Waals surface area contributed by atoms with E-state index in [0.29, 0.717) is 11.1 Å². The first-order chi connectivity index (χ1) is 13.1. The standard InChI is InChI=1S/C19H16F2N4OS/c20-13-8-9-15(21)16(10-13)22-17(26)11-27-19-24-23-18(12-6-7-12)25(19)14-4-2-1-3-5-14/h1-5,8-10,12H,6-7,11H2,(H,22,26). The summed E-state index contributed by atoms with van der Waals surface area (Å²) in [5, 5.41) is 11.5. The lowest BCUT2D eigenvalue weighted by atomic mass is 10.3. The third-order valence-electron chi connectivity index (χ3n) is 4.15. The third kappa shape index (κ3) is 4.00. The van der Waals surface area contributed by atoms with Gasteiger partial charge in [0, 0.05) is 17.7 Å². The zero-order valence-electron chi connectivity index (χ0n) is 14.2. The van der Waals surface area contributed by atoms with E-state index in [9.17, 15) is 13.6 Å². The van der Waals surface area contributed by atoms with Crippen LogP contribution < -0.4 is 5.32 Å². The summed E-state index contributed by atoms with van der Waals surface area (Å²) in [5.41, 5.74) is 0.757. The molecule has 8 heteroatoms. The largest absolute Gasteiger partial charge is 0.323 e. The Morgan fingerprint density at radius 1 is 1.15 bits per heavy atom. The summed E-state index contributed by atoms with van der Waals surface area (Å²) in [4.78, 5) is 12.2. The first-order valence-corrected chi connectivity index (χ1v) is 9.49. The van der Waals surface area contributed by atoms with Crippen molar-refractivity contribution in [2.75, 3.05) is 11.1 Å². The molecule has 0 spiro atoms. The second kappa shape index (κ2) is 7.48. The summed E-state index contributed by atoms with van der Waals surface area (Å²) in [5.74, 6) is -0.455. The summed E-state index contributed by atoms with van der Waals surface area (Å²) in [6, 6.07) is 12.6. The van der Waals surface area contributed by atoms with E-state index >= 15 is 0 Å². The van der Waals surface area contributed by atoms with E-state index in [-0.39, 0.29) is 11.4 Å². The minimum absolute atomic E-state index is 0.00554. The van der Waals surface area contributed by atoms with Crippen LogP contribution in [0.4, 0.5) is 14.5 Å². The monoisotopic (exact) mass is 386 g/mol. The second-order valence-corrected chi connectivity index (χ2v) is 7.19. The Balaban J connectivity index is 1.50. The van der Waals surface area contributed by atoms with Crippen LogP contribution in [0.3, 0.4) is 0 Å². The number of benzene rings is 2. The summed E-state index contributed by atoms with van der Waals surface area (Å²) in [6.45, 7) is 0. The molecule has 138 valence electrons. The van der Waals surface area contributed by atoms with Gasteiger partial charge in [0.05, 0.1) is 11.4 Å². The number of nitrogens with one attached hydrogen (secondary N) is 1. The number of aromatic nitrogens is 3. The van der Waals surface area contributed by atoms with Crippen molar-refractivity contribution < 1.29 is 13.6 Å². The molecule has 3 aromatic rings. The molecule has 1 saturated carbocycles. The smallest absolute Gasteiger partial charge is 0.234 e. The SMILES string of the molecule is O=C(CSc1nnc(C2CC2)n1-c1ccccc1)Nc1cc(F)ccc1F. The fraction of sp³-hybridized carbons (Fsp3) is 0.211. The minimum atomic E-state index is -0.682. The molecule has 0 aliphatic heterocycles. The second-order valence-electron chi connectivity index (χ2n) is 6.25. The van der Waals surface area contributed by atoms with E-state index < -0.39 is 17.5 Å². The Kier molecular flexibility index (Phi) is 4.89. The van der Waals surface area contributed by atoms with Crippen LogP contribution in [0.1, 0.15) is 24.6 Å². The third-order valence-corrected chi connectivity index (χ3v) is 5.08. The van der Waals surface area contributed by atoms with E-state index in [1.165, 1.54) is 11.8 Å². The molecule has 0 unspecified atom stereocenters. The topological polar surface area (TPSA) is 59.8 Å². The van der Waals surface area contributed by atoms with Crippen molar-refractivity contribution in [3.8, 4) is 5.69 Å². The number of para-hydroxylation sites is 1. The molecule has 0 saturated heterocycles. The van der Waals surface area contributed by atoms with E-state index in [2.05, 4.69) is 15.5 Å². The molecule has 1 fully saturated rings. The maximum Gasteiger partial charge on any atom is 0.234 e. The van der Waals surface area contributed by atoms with Gasteiger partial charge in [-0.25, -0.2) is 8.78 Å². The summed E-state index contributed by atoms with van der Waals surface area (Å²) < 4.78 is 28.8. The highest BCUT2D eigenvalue weighted by Crippen LogP contribution is 2.41. The molecule has 1 aliphatic rings. The molecule has 1 N–H and O–H groups in total. The molecule has 1 amide bonds. The molecule has 1 heterocycles. The van der Waals surface area contributed by atoms with Crippen LogP contribution in [-0.4, -0.2) is 26.4 Å². The van der Waals surface area contributed by atoms with Gasteiger partial charge in [0.15, 0.2) is 5.16 Å². The Morgan fingerprint density at radius 3 is 2.67 bits per heavy atom. The predicted molar refractivity (Wildman–Crippen MR) is 99.0 cm³/mol. The van der Waals surface area contributed by atoms with E-state index in [1.54, 1.807) is 0 Å². The zero-order valence-corrected chi connectivity index (χ0v) is 15.0. The molecule has 1 aliphatic carbocycles. The van der Waals surface area contributed by atoms with Gasteiger partial charge in [0.1, 0.15) is 17.5 Å². The lowest BCUT2D eigenvalue weighted by molar-refractivity contribution is -0.113. The van der Waals surface area contributed by atoms with Crippen LogP contribution in [0, 0.1) is 11.6 Å². The van der Waals surface area contributed by atoms with Crippen molar-refractivity contribution in [2.24, 2.45) is 0 Å². The highest BCUT2D eigenvalue weighted by atomic mass is 32.2. The van der Waals surface area contributed by atoms with Gasteiger partial charge in [-0.1, -0.05) is 30.0 Å². The molecular weight excluding hydrogens is 370 g/mol. The molecule has 0 radical (unpaired) electrons. The zero-order chi connectivity index (χ0) is 18.8. The lowest BCUT2D eigenvalue weighted by Gasteiger charge is -2.10. The number of carbonyl (C=O) groups excluding carboxylic acids is 1. The molecule has 1 aromatic heterocycles. The van der Waals surface area contributed by atoms with Crippen LogP contribution in [0.25, 0.3) is 5.69 Å². The van der Waals surface area contributed by atoms with Crippen LogP contribution in [0.15, 0.2) is 53.7 Å². The first-order valence-electron chi connectivity index (χ1n) is 8.50. The number of halogens is 2. The van der Waals surface area contributed by atoms with Gasteiger partial charge in [-0.15, -0.1) is 10.2 Å². The van der Waals surface area contributed by atoms with Crippen molar-refractivity contribution in [3.63, 3.8) is 0 Å². The summed E-state index contributed by atoms with van der Waals surface area (Å²) in [7, 11) is 0. The molecular formula is C19H16F2N4OS. The Hall–Kier alpha value is -2.74. The van der Waals surface area contributed by atoms with Crippen LogP contribution in [0.5, 0.6) is 0 Å². The molecule has 0 atom stereocenters. The van der Waals surface area contributed by atoms with Crippen molar-refractivity contribution in [3.05, 3.63) is 66.0 Å². The van der Waals surface area contributed by atoms with Gasteiger partial charge < -0.3 is 5.32 Å². The maximum absolute atomic E-state index is 13.7. The minimum Gasteiger partial charge on any atom is -0.323 e. The quantitative estimate of drug-likeness (QED) is 0.647. The summed E-state index contributed by atoms with van der Waals surface area (Å²) in [6.07, 6.45) is 2.16. The van der Waals surface area contributed by atoms with Gasteiger partial charge >= 0.3 is 0 Å². The number of carbonyl (C=O) groups is 1. The first kappa shape index (κ1) is 17.7. The van der Waals surface area contributed by atoms with Crippen molar-refractivity contribution in [2.45, 2.75) is 23.9 Å². The number of anilines is 1. The average Bonchev–Trinajstić information content (AvgIpc) is 3.43. The van der Waals surface area contributed by atoms with Crippen molar-refractivity contribution in [1.29, 1.82) is 0 Å². The van der Waals surface area contributed by atoms with Crippen LogP contribution >= 0.6 is 11.8 Å². The van der Waals surface area contributed by atoms with Gasteiger partial charge in [0.2, 0.25) is 5.91 Å². The van der Waals surface area contributed by atoms with Gasteiger partial charge in [-0.3, -0.25) is 9.36 Å². The van der Waals surface area contributed by atoms with Crippen molar-refractivity contribution >= 4 is 23.4 Å². The fourth-order valence-electron chi connectivity index (χ4n) is 2.71. The number of amides is 1. The number of hydrogen-bond acceptors (Lipinski definition) is 4. The molecule has 0 bridgehead atoms. The Bertz CT molecular complexity index is 973.